The monoisotopic (exact) mass is 420 g/mol. The molecule has 0 N–H and O–H groups in total. The SMILES string of the molecule is CCOC(=O)/C(=C(/C(=O)OCC)S(=O)(=O)c1ccccc1)P(=O)(OC)OC. The van der Waals surface area contributed by atoms with Crippen LogP contribution < -0.4 is 0 Å². The Kier molecular flexibility index (Phi) is 8.36. The molecule has 1 aromatic carbocycles. The molecule has 0 radical (unpaired) electrons. The van der Waals surface area contributed by atoms with Crippen LogP contribution in [0.15, 0.2) is 45.4 Å². The van der Waals surface area contributed by atoms with E-state index in [4.69, 9.17) is 18.5 Å². The molecule has 0 aromatic heterocycles. The van der Waals surface area contributed by atoms with Crippen molar-refractivity contribution in [1.82, 2.24) is 0 Å². The zero-order chi connectivity index (χ0) is 20.7. The van der Waals surface area contributed by atoms with Gasteiger partial charge in [0.25, 0.3) is 0 Å². The van der Waals surface area contributed by atoms with E-state index < -0.39 is 39.6 Å². The van der Waals surface area contributed by atoms with Crippen LogP contribution in [0.4, 0.5) is 0 Å². The van der Waals surface area contributed by atoms with Gasteiger partial charge in [0.15, 0.2) is 10.2 Å². The molecule has 9 nitrogen and oxygen atoms in total. The first-order chi connectivity index (χ1) is 12.7. The Labute approximate surface area is 157 Å². The molecule has 0 saturated carbocycles. The van der Waals surface area contributed by atoms with E-state index in [9.17, 15) is 22.6 Å². The third kappa shape index (κ3) is 5.04. The number of ether oxygens (including phenoxy) is 2. The van der Waals surface area contributed by atoms with Gasteiger partial charge in [-0.05, 0) is 26.0 Å². The van der Waals surface area contributed by atoms with Crippen molar-refractivity contribution in [3.05, 3.63) is 40.6 Å². The van der Waals surface area contributed by atoms with Crippen molar-refractivity contribution < 1.29 is 41.1 Å². The van der Waals surface area contributed by atoms with Gasteiger partial charge < -0.3 is 18.5 Å². The van der Waals surface area contributed by atoms with Crippen molar-refractivity contribution in [2.24, 2.45) is 0 Å². The number of benzene rings is 1. The maximum absolute atomic E-state index is 13.1. The quantitative estimate of drug-likeness (QED) is 0.336. The summed E-state index contributed by atoms with van der Waals surface area (Å²) in [5.41, 5.74) is 0. The normalized spacial score (nSPS) is 12.9. The lowest BCUT2D eigenvalue weighted by Gasteiger charge is -2.19. The minimum absolute atomic E-state index is 0.169. The number of carbonyl (C=O) groups is 2. The van der Waals surface area contributed by atoms with Crippen LogP contribution in [0.1, 0.15) is 13.8 Å². The van der Waals surface area contributed by atoms with Crippen LogP contribution in [0.25, 0.3) is 0 Å². The standard InChI is InChI=1S/C16H21O9PS/c1-5-24-15(17)13(26(19,22-3)23-4)14(16(18)25-6-2)27(20,21)12-10-8-7-9-11-12/h7-11H,5-6H2,1-4H3/b14-13+. The molecule has 0 atom stereocenters. The third-order valence-electron chi connectivity index (χ3n) is 3.22. The summed E-state index contributed by atoms with van der Waals surface area (Å²) in [7, 11) is -7.23. The van der Waals surface area contributed by atoms with Crippen LogP contribution in [-0.2, 0) is 42.5 Å². The molecule has 0 unspecified atom stereocenters. The van der Waals surface area contributed by atoms with Gasteiger partial charge >= 0.3 is 19.5 Å². The predicted octanol–water partition coefficient (Wildman–Crippen LogP) is 2.28. The molecule has 27 heavy (non-hydrogen) atoms. The van der Waals surface area contributed by atoms with Crippen LogP contribution in [0, 0.1) is 0 Å². The van der Waals surface area contributed by atoms with Crippen molar-refractivity contribution in [3.8, 4) is 0 Å². The second-order valence-corrected chi connectivity index (χ2v) is 8.86. The minimum Gasteiger partial charge on any atom is -0.462 e. The average molecular weight is 420 g/mol. The molecule has 0 fully saturated rings. The Morgan fingerprint density at radius 3 is 1.85 bits per heavy atom. The zero-order valence-corrected chi connectivity index (χ0v) is 17.0. The van der Waals surface area contributed by atoms with Crippen LogP contribution in [0.3, 0.4) is 0 Å². The molecule has 0 saturated heterocycles. The zero-order valence-electron chi connectivity index (χ0n) is 15.3. The Hall–Kier alpha value is -2.00. The lowest BCUT2D eigenvalue weighted by atomic mass is 10.4. The molecule has 0 spiro atoms. The number of esters is 2. The van der Waals surface area contributed by atoms with Gasteiger partial charge in [0.05, 0.1) is 18.1 Å². The number of hydrogen-bond acceptors (Lipinski definition) is 9. The third-order valence-corrected chi connectivity index (χ3v) is 7.09. The minimum atomic E-state index is -4.62. The highest BCUT2D eigenvalue weighted by atomic mass is 32.2. The lowest BCUT2D eigenvalue weighted by Crippen LogP contribution is -2.23. The van der Waals surface area contributed by atoms with Gasteiger partial charge in [-0.25, -0.2) is 18.0 Å². The van der Waals surface area contributed by atoms with Gasteiger partial charge in [-0.1, -0.05) is 18.2 Å². The molecule has 0 aliphatic carbocycles. The van der Waals surface area contributed by atoms with Crippen molar-refractivity contribution in [1.29, 1.82) is 0 Å². The largest absolute Gasteiger partial charge is 0.462 e. The first kappa shape index (κ1) is 23.0. The molecule has 0 bridgehead atoms. The molecular weight excluding hydrogens is 399 g/mol. The maximum atomic E-state index is 13.1. The molecule has 0 heterocycles. The van der Waals surface area contributed by atoms with E-state index in [1.807, 2.05) is 0 Å². The maximum Gasteiger partial charge on any atom is 0.369 e. The Bertz CT molecular complexity index is 851. The smallest absolute Gasteiger partial charge is 0.369 e. The lowest BCUT2D eigenvalue weighted by molar-refractivity contribution is -0.140. The fourth-order valence-electron chi connectivity index (χ4n) is 2.03. The molecule has 150 valence electrons. The number of rotatable bonds is 9. The van der Waals surface area contributed by atoms with Gasteiger partial charge in [0.1, 0.15) is 0 Å². The highest BCUT2D eigenvalue weighted by Crippen LogP contribution is 2.57. The molecule has 11 heteroatoms. The van der Waals surface area contributed by atoms with Gasteiger partial charge in [-0.15, -0.1) is 0 Å². The van der Waals surface area contributed by atoms with E-state index in [0.717, 1.165) is 14.2 Å². The summed E-state index contributed by atoms with van der Waals surface area (Å²) in [5, 5.41) is -1.04. The first-order valence-corrected chi connectivity index (χ1v) is 10.8. The summed E-state index contributed by atoms with van der Waals surface area (Å²) in [6.45, 7) is 2.54. The molecular formula is C16H21O9PS. The Morgan fingerprint density at radius 1 is 0.926 bits per heavy atom. The van der Waals surface area contributed by atoms with Gasteiger partial charge in [-0.2, -0.15) is 0 Å². The Balaban J connectivity index is 3.97. The number of carbonyl (C=O) groups excluding carboxylic acids is 2. The van der Waals surface area contributed by atoms with E-state index in [1.54, 1.807) is 6.07 Å². The summed E-state index contributed by atoms with van der Waals surface area (Å²) in [6.07, 6.45) is 0. The van der Waals surface area contributed by atoms with E-state index in [-0.39, 0.29) is 18.1 Å². The molecule has 1 aromatic rings. The number of sulfone groups is 1. The summed E-state index contributed by atoms with van der Waals surface area (Å²) in [6, 6.07) is 6.83. The molecule has 0 aliphatic rings. The van der Waals surface area contributed by atoms with Crippen LogP contribution >= 0.6 is 7.60 Å². The predicted molar refractivity (Wildman–Crippen MR) is 95.5 cm³/mol. The topological polar surface area (TPSA) is 122 Å². The van der Waals surface area contributed by atoms with Gasteiger partial charge in [-0.3, -0.25) is 4.57 Å². The van der Waals surface area contributed by atoms with Crippen molar-refractivity contribution in [2.45, 2.75) is 18.7 Å². The summed E-state index contributed by atoms with van der Waals surface area (Å²) >= 11 is 0. The van der Waals surface area contributed by atoms with E-state index in [2.05, 4.69) is 0 Å². The van der Waals surface area contributed by atoms with Crippen LogP contribution in [-0.4, -0.2) is 47.8 Å². The van der Waals surface area contributed by atoms with Gasteiger partial charge in [0.2, 0.25) is 9.84 Å². The second-order valence-electron chi connectivity index (χ2n) is 4.80. The summed E-state index contributed by atoms with van der Waals surface area (Å²) < 4.78 is 58.2. The highest BCUT2D eigenvalue weighted by molar-refractivity contribution is 7.96. The fraction of sp³-hybridized carbons (Fsp3) is 0.375. The van der Waals surface area contributed by atoms with Crippen molar-refractivity contribution in [3.63, 3.8) is 0 Å². The summed E-state index contributed by atoms with van der Waals surface area (Å²) in [5.74, 6) is -2.70. The van der Waals surface area contributed by atoms with Crippen molar-refractivity contribution >= 4 is 29.4 Å². The van der Waals surface area contributed by atoms with Crippen molar-refractivity contribution in [2.75, 3.05) is 27.4 Å². The molecule has 0 amide bonds. The van der Waals surface area contributed by atoms with Crippen LogP contribution in [0.5, 0.6) is 0 Å². The van der Waals surface area contributed by atoms with E-state index >= 15 is 0 Å². The van der Waals surface area contributed by atoms with E-state index in [1.165, 1.54) is 38.1 Å². The first-order valence-electron chi connectivity index (χ1n) is 7.80. The number of hydrogen-bond donors (Lipinski definition) is 0. The summed E-state index contributed by atoms with van der Waals surface area (Å²) in [4.78, 5) is 23.5. The second kappa shape index (κ2) is 9.80. The Morgan fingerprint density at radius 2 is 1.41 bits per heavy atom. The van der Waals surface area contributed by atoms with E-state index in [0.29, 0.717) is 0 Å². The van der Waals surface area contributed by atoms with Crippen LogP contribution in [0.2, 0.25) is 0 Å². The highest BCUT2D eigenvalue weighted by Gasteiger charge is 2.45. The van der Waals surface area contributed by atoms with Gasteiger partial charge in [0, 0.05) is 14.2 Å². The molecule has 0 aliphatic heterocycles. The average Bonchev–Trinajstić information content (AvgIpc) is 2.66. The molecule has 1 rings (SSSR count). The fourth-order valence-corrected chi connectivity index (χ4v) is 5.24.